The Balaban J connectivity index is 1.70. The number of hydrogen-bond donors (Lipinski definition) is 1. The minimum Gasteiger partial charge on any atom is -0.445 e. The maximum absolute atomic E-state index is 13.6. The van der Waals surface area contributed by atoms with Gasteiger partial charge in [0, 0.05) is 12.7 Å². The Hall–Kier alpha value is -3.11. The first-order valence-electron chi connectivity index (χ1n) is 13.5. The van der Waals surface area contributed by atoms with Crippen molar-refractivity contribution in [3.63, 3.8) is 0 Å². The first-order chi connectivity index (χ1) is 18.1. The highest BCUT2D eigenvalue weighted by atomic mass is 28.4. The van der Waals surface area contributed by atoms with E-state index in [0.717, 1.165) is 5.56 Å². The van der Waals surface area contributed by atoms with Gasteiger partial charge in [-0.1, -0.05) is 51.1 Å². The zero-order chi connectivity index (χ0) is 28.8. The number of carbonyl (C=O) groups is 3. The number of nitrogens with zero attached hydrogens (tertiary/aromatic N) is 2. The maximum Gasteiger partial charge on any atom is 0.418 e. The largest absolute Gasteiger partial charge is 0.445 e. The molecule has 0 bridgehead atoms. The number of ether oxygens (including phenoxy) is 2. The number of carbonyl (C=O) groups excluding carboxylic acids is 3. The van der Waals surface area contributed by atoms with Crippen LogP contribution >= 0.6 is 0 Å². The molecule has 9 nitrogen and oxygen atoms in total. The molecule has 1 saturated heterocycles. The third-order valence-corrected chi connectivity index (χ3v) is 12.3. The predicted molar refractivity (Wildman–Crippen MR) is 150 cm³/mol. The minimum atomic E-state index is -2.22. The Kier molecular flexibility index (Phi) is 7.75. The molecule has 2 aromatic rings. The van der Waals surface area contributed by atoms with E-state index in [1.54, 1.807) is 31.7 Å². The van der Waals surface area contributed by atoms with Gasteiger partial charge < -0.3 is 24.1 Å². The first-order valence-corrected chi connectivity index (χ1v) is 16.4. The number of rotatable bonds is 5. The fourth-order valence-corrected chi connectivity index (χ4v) is 6.24. The molecule has 2 amide bonds. The highest BCUT2D eigenvalue weighted by Crippen LogP contribution is 2.44. The molecule has 2 aliphatic rings. The first kappa shape index (κ1) is 28.9. The smallest absolute Gasteiger partial charge is 0.418 e. The lowest BCUT2D eigenvalue weighted by molar-refractivity contribution is 0.0452. The summed E-state index contributed by atoms with van der Waals surface area (Å²) in [7, 11) is -2.22. The summed E-state index contributed by atoms with van der Waals surface area (Å²) >= 11 is 0. The molecule has 212 valence electrons. The molecular weight excluding hydrogens is 514 g/mol. The number of amides is 2. The van der Waals surface area contributed by atoms with E-state index in [2.05, 4.69) is 39.2 Å². The molecule has 2 aliphatic heterocycles. The summed E-state index contributed by atoms with van der Waals surface area (Å²) in [6.45, 7) is 16.8. The van der Waals surface area contributed by atoms with E-state index in [1.807, 2.05) is 30.3 Å². The standard InChI is InChI=1S/C29H41N3O6Si/c1-28(2,3)37-27(35)32-16-14-20-23(32)22(30-26(34)36-18-19-12-10-9-11-13-19)24-21(15-17-31(24)25(20)33)38-39(7,8)29(4,5)6/h9-14,16,21-22,24H,15,17-18H2,1-8H3,(H,30,34)/t21-,22?,24+/m1/s1. The second kappa shape index (κ2) is 10.5. The summed E-state index contributed by atoms with van der Waals surface area (Å²) in [6, 6.07) is 9.78. The summed E-state index contributed by atoms with van der Waals surface area (Å²) in [4.78, 5) is 41.8. The molecule has 1 N–H and O–H groups in total. The van der Waals surface area contributed by atoms with Crippen LogP contribution in [0.2, 0.25) is 18.1 Å². The van der Waals surface area contributed by atoms with Gasteiger partial charge in [-0.25, -0.2) is 9.59 Å². The Morgan fingerprint density at radius 1 is 1.05 bits per heavy atom. The SMILES string of the molecule is CC(C)(C)OC(=O)n1ccc2c1C(NC(=O)OCc1ccccc1)[C@@H]1[C@H](O[Si](C)(C)C(C)(C)C)CCN1C2=O. The Morgan fingerprint density at radius 3 is 2.33 bits per heavy atom. The Morgan fingerprint density at radius 2 is 1.72 bits per heavy atom. The van der Waals surface area contributed by atoms with E-state index in [-0.39, 0.29) is 23.7 Å². The third-order valence-electron chi connectivity index (χ3n) is 7.78. The summed E-state index contributed by atoms with van der Waals surface area (Å²) < 4.78 is 19.3. The van der Waals surface area contributed by atoms with Gasteiger partial charge in [-0.15, -0.1) is 0 Å². The zero-order valence-corrected chi connectivity index (χ0v) is 25.2. The molecule has 1 fully saturated rings. The van der Waals surface area contributed by atoms with Crippen molar-refractivity contribution in [1.82, 2.24) is 14.8 Å². The fourth-order valence-electron chi connectivity index (χ4n) is 4.88. The van der Waals surface area contributed by atoms with Crippen LogP contribution in [0.15, 0.2) is 42.6 Å². The summed E-state index contributed by atoms with van der Waals surface area (Å²) in [6.07, 6.45) is 0.598. The lowest BCUT2D eigenvalue weighted by Gasteiger charge is -2.44. The fraction of sp³-hybridized carbons (Fsp3) is 0.552. The Labute approximate surface area is 231 Å². The molecule has 39 heavy (non-hydrogen) atoms. The van der Waals surface area contributed by atoms with Gasteiger partial charge >= 0.3 is 12.2 Å². The monoisotopic (exact) mass is 555 g/mol. The van der Waals surface area contributed by atoms with Crippen LogP contribution in [-0.2, 0) is 20.5 Å². The van der Waals surface area contributed by atoms with E-state index < -0.39 is 38.2 Å². The molecule has 10 heteroatoms. The second-order valence-electron chi connectivity index (χ2n) is 12.8. The van der Waals surface area contributed by atoms with Crippen LogP contribution in [0.1, 0.15) is 75.6 Å². The van der Waals surface area contributed by atoms with Crippen LogP contribution < -0.4 is 5.32 Å². The van der Waals surface area contributed by atoms with Gasteiger partial charge in [0.25, 0.3) is 5.91 Å². The molecule has 3 heterocycles. The number of benzene rings is 1. The molecule has 1 aromatic carbocycles. The van der Waals surface area contributed by atoms with Crippen molar-refractivity contribution in [2.24, 2.45) is 0 Å². The topological polar surface area (TPSA) is 99.1 Å². The van der Waals surface area contributed by atoms with Crippen molar-refractivity contribution in [2.75, 3.05) is 6.54 Å². The van der Waals surface area contributed by atoms with E-state index in [0.29, 0.717) is 24.2 Å². The van der Waals surface area contributed by atoms with Crippen LogP contribution in [0.25, 0.3) is 0 Å². The van der Waals surface area contributed by atoms with E-state index >= 15 is 0 Å². The molecule has 0 radical (unpaired) electrons. The quantitative estimate of drug-likeness (QED) is 0.464. The third kappa shape index (κ3) is 6.06. The van der Waals surface area contributed by atoms with Gasteiger partial charge in [0.15, 0.2) is 8.32 Å². The van der Waals surface area contributed by atoms with Crippen molar-refractivity contribution in [1.29, 1.82) is 0 Å². The second-order valence-corrected chi connectivity index (χ2v) is 17.6. The lowest BCUT2D eigenvalue weighted by Crippen LogP contribution is -2.56. The lowest BCUT2D eigenvalue weighted by atomic mass is 9.93. The molecular formula is C29H41N3O6Si. The van der Waals surface area contributed by atoms with Crippen molar-refractivity contribution in [3.8, 4) is 0 Å². The summed E-state index contributed by atoms with van der Waals surface area (Å²) in [5.74, 6) is -0.186. The summed E-state index contributed by atoms with van der Waals surface area (Å²) in [5.41, 5.74) is 0.861. The van der Waals surface area contributed by atoms with E-state index in [9.17, 15) is 14.4 Å². The average molecular weight is 556 g/mol. The average Bonchev–Trinajstić information content (AvgIpc) is 3.45. The van der Waals surface area contributed by atoms with Crippen molar-refractivity contribution in [2.45, 2.75) is 96.5 Å². The van der Waals surface area contributed by atoms with Crippen LogP contribution in [0.4, 0.5) is 9.59 Å². The number of nitrogens with one attached hydrogen (secondary N) is 1. The van der Waals surface area contributed by atoms with Crippen molar-refractivity contribution < 1.29 is 28.3 Å². The molecule has 0 saturated carbocycles. The van der Waals surface area contributed by atoms with E-state index in [4.69, 9.17) is 13.9 Å². The normalized spacial score (nSPS) is 21.3. The van der Waals surface area contributed by atoms with Crippen molar-refractivity contribution >= 4 is 26.4 Å². The highest BCUT2D eigenvalue weighted by molar-refractivity contribution is 6.74. The molecule has 4 rings (SSSR count). The van der Waals surface area contributed by atoms with Crippen LogP contribution in [0.3, 0.4) is 0 Å². The van der Waals surface area contributed by atoms with Gasteiger partial charge in [0.2, 0.25) is 0 Å². The van der Waals surface area contributed by atoms with Crippen molar-refractivity contribution in [3.05, 3.63) is 59.4 Å². The molecule has 1 unspecified atom stereocenters. The summed E-state index contributed by atoms with van der Waals surface area (Å²) in [5, 5.41) is 2.94. The van der Waals surface area contributed by atoms with Gasteiger partial charge in [-0.05, 0) is 57.0 Å². The Bertz CT molecular complexity index is 1230. The maximum atomic E-state index is 13.6. The van der Waals surface area contributed by atoms with Gasteiger partial charge in [-0.2, -0.15) is 0 Å². The van der Waals surface area contributed by atoms with E-state index in [1.165, 1.54) is 10.8 Å². The number of alkyl carbamates (subject to hydrolysis) is 1. The predicted octanol–water partition coefficient (Wildman–Crippen LogP) is 5.86. The van der Waals surface area contributed by atoms with Crippen LogP contribution in [0.5, 0.6) is 0 Å². The number of hydrogen-bond acceptors (Lipinski definition) is 6. The molecule has 0 spiro atoms. The zero-order valence-electron chi connectivity index (χ0n) is 24.2. The van der Waals surface area contributed by atoms with Gasteiger partial charge in [-0.3, -0.25) is 9.36 Å². The van der Waals surface area contributed by atoms with Gasteiger partial charge in [0.05, 0.1) is 29.4 Å². The van der Waals surface area contributed by atoms with Gasteiger partial charge in [0.1, 0.15) is 12.2 Å². The van der Waals surface area contributed by atoms with Crippen LogP contribution in [-0.4, -0.2) is 60.2 Å². The van der Waals surface area contributed by atoms with Crippen LogP contribution in [0, 0.1) is 0 Å². The number of aromatic nitrogens is 1. The highest BCUT2D eigenvalue weighted by Gasteiger charge is 2.53. The minimum absolute atomic E-state index is 0.0431. The number of fused-ring (bicyclic) bond motifs is 2. The molecule has 1 aromatic heterocycles. The molecule has 0 aliphatic carbocycles. The molecule has 3 atom stereocenters.